The minimum Gasteiger partial charge on any atom is -0.492 e. The number of hydrogen-bond acceptors (Lipinski definition) is 5. The molecule has 1 saturated heterocycles. The molecule has 0 spiro atoms. The highest BCUT2D eigenvalue weighted by atomic mass is 35.5. The molecule has 124 valence electrons. The van der Waals surface area contributed by atoms with Gasteiger partial charge in [-0.2, -0.15) is 0 Å². The van der Waals surface area contributed by atoms with Crippen LogP contribution in [0.25, 0.3) is 6.08 Å². The van der Waals surface area contributed by atoms with Gasteiger partial charge in [-0.15, -0.1) is 11.3 Å². The topological polar surface area (TPSA) is 46.6 Å². The van der Waals surface area contributed by atoms with Crippen molar-refractivity contribution in [2.24, 2.45) is 0 Å². The summed E-state index contributed by atoms with van der Waals surface area (Å²) in [6.45, 7) is 2.44. The van der Waals surface area contributed by atoms with Crippen LogP contribution in [0, 0.1) is 6.92 Å². The maximum Gasteiger partial charge on any atom is 0.293 e. The molecule has 0 bridgehead atoms. The van der Waals surface area contributed by atoms with E-state index < -0.39 is 0 Å². The third-order valence-corrected chi connectivity index (χ3v) is 5.56. The van der Waals surface area contributed by atoms with Crippen molar-refractivity contribution < 1.29 is 14.3 Å². The lowest BCUT2D eigenvalue weighted by Gasteiger charge is -2.13. The zero-order chi connectivity index (χ0) is 17.1. The number of carbonyl (C=O) groups is 2. The highest BCUT2D eigenvalue weighted by Crippen LogP contribution is 2.33. The molecule has 4 nitrogen and oxygen atoms in total. The summed E-state index contributed by atoms with van der Waals surface area (Å²) >= 11 is 8.33. The Hall–Kier alpha value is -1.76. The van der Waals surface area contributed by atoms with Crippen LogP contribution in [0.3, 0.4) is 0 Å². The molecule has 1 aliphatic rings. The first-order chi connectivity index (χ1) is 11.5. The first-order valence-electron chi connectivity index (χ1n) is 7.22. The van der Waals surface area contributed by atoms with Crippen LogP contribution < -0.4 is 4.74 Å². The van der Waals surface area contributed by atoms with Crippen molar-refractivity contribution in [1.82, 2.24) is 4.90 Å². The largest absolute Gasteiger partial charge is 0.492 e. The van der Waals surface area contributed by atoms with Gasteiger partial charge in [0.1, 0.15) is 12.4 Å². The van der Waals surface area contributed by atoms with Crippen molar-refractivity contribution in [2.75, 3.05) is 13.2 Å². The van der Waals surface area contributed by atoms with Crippen LogP contribution in [0.2, 0.25) is 5.02 Å². The van der Waals surface area contributed by atoms with Gasteiger partial charge in [-0.05, 0) is 66.0 Å². The third-order valence-electron chi connectivity index (χ3n) is 3.43. The van der Waals surface area contributed by atoms with Crippen LogP contribution >= 0.6 is 34.7 Å². The van der Waals surface area contributed by atoms with Crippen LogP contribution in [-0.2, 0) is 4.79 Å². The molecule has 2 heterocycles. The van der Waals surface area contributed by atoms with E-state index in [1.54, 1.807) is 41.7 Å². The summed E-state index contributed by atoms with van der Waals surface area (Å²) in [6, 6.07) is 8.93. The third kappa shape index (κ3) is 3.83. The van der Waals surface area contributed by atoms with E-state index in [9.17, 15) is 9.59 Å². The zero-order valence-electron chi connectivity index (χ0n) is 12.8. The minimum atomic E-state index is -0.266. The summed E-state index contributed by atoms with van der Waals surface area (Å²) in [7, 11) is 0. The fourth-order valence-corrected chi connectivity index (χ4v) is 4.04. The molecule has 1 aromatic heterocycles. The number of hydrogen-bond donors (Lipinski definition) is 0. The number of aryl methyl sites for hydroxylation is 1. The Labute approximate surface area is 153 Å². The summed E-state index contributed by atoms with van der Waals surface area (Å²) < 4.78 is 5.55. The number of thioether (sulfide) groups is 1. The number of carbonyl (C=O) groups excluding carboxylic acids is 2. The zero-order valence-corrected chi connectivity index (χ0v) is 15.2. The summed E-state index contributed by atoms with van der Waals surface area (Å²) in [6.07, 6.45) is 1.78. The number of ether oxygens (including phenoxy) is 1. The Kier molecular flexibility index (Phi) is 5.28. The Morgan fingerprint density at radius 1 is 1.21 bits per heavy atom. The maximum atomic E-state index is 12.4. The van der Waals surface area contributed by atoms with E-state index in [-0.39, 0.29) is 24.3 Å². The lowest BCUT2D eigenvalue weighted by Crippen LogP contribution is -2.32. The summed E-state index contributed by atoms with van der Waals surface area (Å²) in [4.78, 5) is 27.1. The normalized spacial score (nSPS) is 16.2. The molecule has 24 heavy (non-hydrogen) atoms. The molecular weight excluding hydrogens is 366 g/mol. The maximum absolute atomic E-state index is 12.4. The van der Waals surface area contributed by atoms with E-state index in [0.29, 0.717) is 15.7 Å². The molecular formula is C17H14ClNO3S2. The molecule has 2 amide bonds. The average Bonchev–Trinajstić information content (AvgIpc) is 3.07. The number of halogens is 1. The van der Waals surface area contributed by atoms with Crippen molar-refractivity contribution in [1.29, 1.82) is 0 Å². The number of nitrogens with zero attached hydrogens (tertiary/aromatic N) is 1. The van der Waals surface area contributed by atoms with Gasteiger partial charge in [0.05, 0.1) is 11.4 Å². The van der Waals surface area contributed by atoms with Gasteiger partial charge >= 0.3 is 0 Å². The van der Waals surface area contributed by atoms with Crippen LogP contribution in [0.15, 0.2) is 40.6 Å². The van der Waals surface area contributed by atoms with Crippen molar-refractivity contribution in [3.05, 3.63) is 56.1 Å². The Morgan fingerprint density at radius 3 is 2.62 bits per heavy atom. The predicted molar refractivity (Wildman–Crippen MR) is 98.7 cm³/mol. The molecule has 3 rings (SSSR count). The molecule has 0 atom stereocenters. The Balaban J connectivity index is 1.61. The van der Waals surface area contributed by atoms with Gasteiger partial charge in [0, 0.05) is 9.90 Å². The van der Waals surface area contributed by atoms with Crippen LogP contribution in [0.4, 0.5) is 4.79 Å². The lowest BCUT2D eigenvalue weighted by molar-refractivity contribution is -0.123. The molecule has 0 saturated carbocycles. The molecule has 1 fully saturated rings. The van der Waals surface area contributed by atoms with Crippen molar-refractivity contribution in [3.8, 4) is 5.75 Å². The molecule has 1 aliphatic heterocycles. The van der Waals surface area contributed by atoms with Crippen molar-refractivity contribution in [3.63, 3.8) is 0 Å². The smallest absolute Gasteiger partial charge is 0.293 e. The number of imide groups is 1. The highest BCUT2D eigenvalue weighted by molar-refractivity contribution is 8.18. The second-order valence-electron chi connectivity index (χ2n) is 5.10. The number of thiophene rings is 1. The Bertz CT molecular complexity index is 798. The fourth-order valence-electron chi connectivity index (χ4n) is 2.13. The second-order valence-corrected chi connectivity index (χ2v) is 7.48. The van der Waals surface area contributed by atoms with Gasteiger partial charge in [-0.25, -0.2) is 0 Å². The first kappa shape index (κ1) is 17.1. The van der Waals surface area contributed by atoms with Gasteiger partial charge in [0.2, 0.25) is 0 Å². The van der Waals surface area contributed by atoms with Gasteiger partial charge in [0.25, 0.3) is 11.1 Å². The molecule has 0 aliphatic carbocycles. The van der Waals surface area contributed by atoms with Crippen molar-refractivity contribution in [2.45, 2.75) is 6.92 Å². The molecule has 2 aromatic rings. The van der Waals surface area contributed by atoms with Crippen molar-refractivity contribution >= 4 is 51.9 Å². The summed E-state index contributed by atoms with van der Waals surface area (Å²) in [5.41, 5.74) is 1.10. The van der Waals surface area contributed by atoms with E-state index in [0.717, 1.165) is 22.2 Å². The van der Waals surface area contributed by atoms with E-state index in [1.165, 1.54) is 4.90 Å². The van der Waals surface area contributed by atoms with Gasteiger partial charge in [-0.3, -0.25) is 14.5 Å². The number of rotatable bonds is 5. The van der Waals surface area contributed by atoms with Gasteiger partial charge < -0.3 is 4.74 Å². The average molecular weight is 380 g/mol. The van der Waals surface area contributed by atoms with Crippen LogP contribution in [0.5, 0.6) is 5.75 Å². The van der Waals surface area contributed by atoms with E-state index in [1.807, 2.05) is 18.4 Å². The number of amides is 2. The minimum absolute atomic E-state index is 0.216. The standard InChI is InChI=1S/C17H14ClNO3S2/c1-11-6-9-23-14(11)10-15-16(20)19(17(21)24-15)7-8-22-13-4-2-12(18)3-5-13/h2-6,9-10H,7-8H2,1H3/b15-10-. The van der Waals surface area contributed by atoms with E-state index >= 15 is 0 Å². The molecule has 0 radical (unpaired) electrons. The molecule has 0 N–H and O–H groups in total. The van der Waals surface area contributed by atoms with E-state index in [4.69, 9.17) is 16.3 Å². The lowest BCUT2D eigenvalue weighted by atomic mass is 10.2. The first-order valence-corrected chi connectivity index (χ1v) is 9.30. The Morgan fingerprint density at radius 2 is 1.96 bits per heavy atom. The van der Waals surface area contributed by atoms with Gasteiger partial charge in [0.15, 0.2) is 0 Å². The molecule has 1 aromatic carbocycles. The van der Waals surface area contributed by atoms with E-state index in [2.05, 4.69) is 0 Å². The number of benzene rings is 1. The van der Waals surface area contributed by atoms with Crippen LogP contribution in [-0.4, -0.2) is 29.2 Å². The van der Waals surface area contributed by atoms with Gasteiger partial charge in [-0.1, -0.05) is 11.6 Å². The molecule has 0 unspecified atom stereocenters. The monoisotopic (exact) mass is 379 g/mol. The van der Waals surface area contributed by atoms with Crippen LogP contribution in [0.1, 0.15) is 10.4 Å². The summed E-state index contributed by atoms with van der Waals surface area (Å²) in [5, 5.41) is 2.33. The molecule has 7 heteroatoms. The SMILES string of the molecule is Cc1ccsc1/C=C1\SC(=O)N(CCOc2ccc(Cl)cc2)C1=O. The quantitative estimate of drug-likeness (QED) is 0.698. The summed E-state index contributed by atoms with van der Waals surface area (Å²) in [5.74, 6) is 0.383. The second kappa shape index (κ2) is 7.42. The highest BCUT2D eigenvalue weighted by Gasteiger charge is 2.34. The fraction of sp³-hybridized carbons (Fsp3) is 0.176. The predicted octanol–water partition coefficient (Wildman–Crippen LogP) is 4.83.